The second-order valence-corrected chi connectivity index (χ2v) is 5.90. The summed E-state index contributed by atoms with van der Waals surface area (Å²) >= 11 is 5.75. The van der Waals surface area contributed by atoms with Crippen molar-refractivity contribution in [1.82, 2.24) is 5.32 Å². The van der Waals surface area contributed by atoms with Crippen LogP contribution in [-0.4, -0.2) is 17.4 Å². The van der Waals surface area contributed by atoms with Crippen molar-refractivity contribution in [3.05, 3.63) is 38.9 Å². The number of carbonyl (C=O) groups is 1. The van der Waals surface area contributed by atoms with Crippen LogP contribution < -0.4 is 5.32 Å². The fourth-order valence-corrected chi connectivity index (χ4v) is 1.70. The molecule has 104 valence electrons. The van der Waals surface area contributed by atoms with Crippen LogP contribution >= 0.6 is 11.6 Å². The highest BCUT2D eigenvalue weighted by Crippen LogP contribution is 2.25. The summed E-state index contributed by atoms with van der Waals surface area (Å²) in [5.74, 6) is -0.277. The number of hydrogen-bond donors (Lipinski definition) is 1. The van der Waals surface area contributed by atoms with Gasteiger partial charge in [0.05, 0.1) is 4.92 Å². The Labute approximate surface area is 117 Å². The smallest absolute Gasteiger partial charge is 0.287 e. The number of amides is 1. The van der Waals surface area contributed by atoms with Gasteiger partial charge in [0.2, 0.25) is 0 Å². The summed E-state index contributed by atoms with van der Waals surface area (Å²) in [5.41, 5.74) is 0.262. The Kier molecular flexibility index (Phi) is 4.89. The highest BCUT2D eigenvalue weighted by atomic mass is 35.5. The molecular weight excluding hydrogens is 268 g/mol. The standard InChI is InChI=1S/C13H17ClN2O3/c1-13(2,3)6-7-15-12(17)9-4-5-11(16(18)19)10(14)8-9/h4-5,8H,6-7H2,1-3H3,(H,15,17). The van der Waals surface area contributed by atoms with Crippen molar-refractivity contribution in [3.63, 3.8) is 0 Å². The number of benzene rings is 1. The number of rotatable bonds is 4. The average Bonchev–Trinajstić information content (AvgIpc) is 2.26. The van der Waals surface area contributed by atoms with E-state index in [1.54, 1.807) is 0 Å². The highest BCUT2D eigenvalue weighted by Gasteiger charge is 2.16. The van der Waals surface area contributed by atoms with Crippen LogP contribution in [0.15, 0.2) is 18.2 Å². The predicted octanol–water partition coefficient (Wildman–Crippen LogP) is 3.41. The zero-order chi connectivity index (χ0) is 14.6. The minimum atomic E-state index is -0.580. The van der Waals surface area contributed by atoms with Gasteiger partial charge in [0.25, 0.3) is 11.6 Å². The van der Waals surface area contributed by atoms with E-state index < -0.39 is 4.92 Å². The monoisotopic (exact) mass is 284 g/mol. The van der Waals surface area contributed by atoms with E-state index >= 15 is 0 Å². The average molecular weight is 285 g/mol. The van der Waals surface area contributed by atoms with Crippen molar-refractivity contribution >= 4 is 23.2 Å². The number of halogens is 1. The van der Waals surface area contributed by atoms with Gasteiger partial charge in [0.1, 0.15) is 5.02 Å². The van der Waals surface area contributed by atoms with E-state index in [2.05, 4.69) is 26.1 Å². The van der Waals surface area contributed by atoms with Crippen molar-refractivity contribution in [3.8, 4) is 0 Å². The SMILES string of the molecule is CC(C)(C)CCNC(=O)c1ccc([N+](=O)[O-])c(Cl)c1. The molecule has 0 bridgehead atoms. The first kappa shape index (κ1) is 15.4. The molecule has 0 heterocycles. The molecule has 0 aliphatic rings. The zero-order valence-electron chi connectivity index (χ0n) is 11.2. The summed E-state index contributed by atoms with van der Waals surface area (Å²) in [6.07, 6.45) is 0.847. The van der Waals surface area contributed by atoms with E-state index in [1.165, 1.54) is 18.2 Å². The maximum atomic E-state index is 11.8. The lowest BCUT2D eigenvalue weighted by atomic mass is 9.92. The summed E-state index contributed by atoms with van der Waals surface area (Å²) in [5, 5.41) is 13.3. The lowest BCUT2D eigenvalue weighted by Gasteiger charge is -2.18. The first-order chi connectivity index (χ1) is 8.70. The number of hydrogen-bond acceptors (Lipinski definition) is 3. The number of nitro benzene ring substituents is 1. The molecule has 1 amide bonds. The molecule has 0 aliphatic heterocycles. The second-order valence-electron chi connectivity index (χ2n) is 5.49. The Bertz CT molecular complexity index is 495. The first-order valence-corrected chi connectivity index (χ1v) is 6.30. The molecule has 0 saturated carbocycles. The van der Waals surface area contributed by atoms with Crippen molar-refractivity contribution < 1.29 is 9.72 Å². The van der Waals surface area contributed by atoms with Gasteiger partial charge in [0.15, 0.2) is 0 Å². The molecule has 19 heavy (non-hydrogen) atoms. The lowest BCUT2D eigenvalue weighted by molar-refractivity contribution is -0.384. The Morgan fingerprint density at radius 2 is 2.05 bits per heavy atom. The number of nitrogens with zero attached hydrogens (tertiary/aromatic N) is 1. The number of carbonyl (C=O) groups excluding carboxylic acids is 1. The van der Waals surface area contributed by atoms with Crippen LogP contribution in [0.1, 0.15) is 37.6 Å². The van der Waals surface area contributed by atoms with Crippen LogP contribution in [0.2, 0.25) is 5.02 Å². The Morgan fingerprint density at radius 3 is 2.53 bits per heavy atom. The Hall–Kier alpha value is -1.62. The third kappa shape index (κ3) is 4.87. The van der Waals surface area contributed by atoms with Gasteiger partial charge in [-0.1, -0.05) is 32.4 Å². The fourth-order valence-electron chi connectivity index (χ4n) is 1.45. The largest absolute Gasteiger partial charge is 0.352 e. The molecule has 1 N–H and O–H groups in total. The van der Waals surface area contributed by atoms with Crippen LogP contribution in [0, 0.1) is 15.5 Å². The molecule has 0 saturated heterocycles. The topological polar surface area (TPSA) is 72.2 Å². The Balaban J connectivity index is 2.68. The van der Waals surface area contributed by atoms with Gasteiger partial charge in [-0.25, -0.2) is 0 Å². The third-order valence-corrected chi connectivity index (χ3v) is 2.87. The molecule has 0 aliphatic carbocycles. The molecule has 1 rings (SSSR count). The summed E-state index contributed by atoms with van der Waals surface area (Å²) in [6, 6.07) is 3.95. The van der Waals surface area contributed by atoms with E-state index in [1.807, 2.05) is 0 Å². The normalized spacial score (nSPS) is 11.2. The Morgan fingerprint density at radius 1 is 1.42 bits per heavy atom. The summed E-state index contributed by atoms with van der Waals surface area (Å²) < 4.78 is 0. The summed E-state index contributed by atoms with van der Waals surface area (Å²) in [7, 11) is 0. The molecule has 0 unspecified atom stereocenters. The lowest BCUT2D eigenvalue weighted by Crippen LogP contribution is -2.27. The molecule has 0 radical (unpaired) electrons. The number of nitrogens with one attached hydrogen (secondary N) is 1. The maximum absolute atomic E-state index is 11.8. The van der Waals surface area contributed by atoms with E-state index in [4.69, 9.17) is 11.6 Å². The number of nitro groups is 1. The molecule has 0 aromatic heterocycles. The van der Waals surface area contributed by atoms with Crippen LogP contribution in [-0.2, 0) is 0 Å². The van der Waals surface area contributed by atoms with Gasteiger partial charge in [-0.15, -0.1) is 0 Å². The summed E-state index contributed by atoms with van der Waals surface area (Å²) in [6.45, 7) is 6.81. The molecule has 0 fully saturated rings. The van der Waals surface area contributed by atoms with Crippen LogP contribution in [0.3, 0.4) is 0 Å². The van der Waals surface area contributed by atoms with Gasteiger partial charge < -0.3 is 5.32 Å². The second kappa shape index (κ2) is 6.02. The molecule has 1 aromatic rings. The highest BCUT2D eigenvalue weighted by molar-refractivity contribution is 6.33. The first-order valence-electron chi connectivity index (χ1n) is 5.93. The van der Waals surface area contributed by atoms with Gasteiger partial charge in [0, 0.05) is 18.2 Å². The van der Waals surface area contributed by atoms with Crippen molar-refractivity contribution in [1.29, 1.82) is 0 Å². The molecule has 6 heteroatoms. The van der Waals surface area contributed by atoms with Crippen LogP contribution in [0.4, 0.5) is 5.69 Å². The molecule has 1 aromatic carbocycles. The van der Waals surface area contributed by atoms with Gasteiger partial charge >= 0.3 is 0 Å². The molecular formula is C13H17ClN2O3. The van der Waals surface area contributed by atoms with E-state index in [-0.39, 0.29) is 22.0 Å². The van der Waals surface area contributed by atoms with Gasteiger partial charge in [-0.05, 0) is 24.0 Å². The van der Waals surface area contributed by atoms with Gasteiger partial charge in [-0.2, -0.15) is 0 Å². The minimum Gasteiger partial charge on any atom is -0.352 e. The van der Waals surface area contributed by atoms with Gasteiger partial charge in [-0.3, -0.25) is 14.9 Å². The van der Waals surface area contributed by atoms with Crippen molar-refractivity contribution in [2.75, 3.05) is 6.54 Å². The van der Waals surface area contributed by atoms with E-state index in [0.29, 0.717) is 12.1 Å². The zero-order valence-corrected chi connectivity index (χ0v) is 12.0. The fraction of sp³-hybridized carbons (Fsp3) is 0.462. The minimum absolute atomic E-state index is 0.0338. The molecule has 0 spiro atoms. The van der Waals surface area contributed by atoms with Crippen molar-refractivity contribution in [2.24, 2.45) is 5.41 Å². The van der Waals surface area contributed by atoms with E-state index in [9.17, 15) is 14.9 Å². The third-order valence-electron chi connectivity index (χ3n) is 2.57. The maximum Gasteiger partial charge on any atom is 0.287 e. The van der Waals surface area contributed by atoms with Crippen LogP contribution in [0.25, 0.3) is 0 Å². The molecule has 0 atom stereocenters. The molecule has 5 nitrogen and oxygen atoms in total. The summed E-state index contributed by atoms with van der Waals surface area (Å²) in [4.78, 5) is 21.9. The van der Waals surface area contributed by atoms with E-state index in [0.717, 1.165) is 6.42 Å². The van der Waals surface area contributed by atoms with Crippen molar-refractivity contribution in [2.45, 2.75) is 27.2 Å². The predicted molar refractivity (Wildman–Crippen MR) is 74.5 cm³/mol. The quantitative estimate of drug-likeness (QED) is 0.680. The van der Waals surface area contributed by atoms with Crippen LogP contribution in [0.5, 0.6) is 0 Å².